The summed E-state index contributed by atoms with van der Waals surface area (Å²) in [7, 11) is -3.20. The maximum atomic E-state index is 12.2. The summed E-state index contributed by atoms with van der Waals surface area (Å²) in [6.07, 6.45) is 7.37. The van der Waals surface area contributed by atoms with Crippen molar-refractivity contribution in [2.45, 2.75) is 58.3 Å². The number of hydrogen-bond donors (Lipinski definition) is 1. The second-order valence-corrected chi connectivity index (χ2v) is 7.57. The van der Waals surface area contributed by atoms with Crippen molar-refractivity contribution in [3.63, 3.8) is 0 Å². The van der Waals surface area contributed by atoms with Crippen LogP contribution in [0.3, 0.4) is 0 Å². The maximum absolute atomic E-state index is 12.2. The summed E-state index contributed by atoms with van der Waals surface area (Å²) < 4.78 is 26.0. The van der Waals surface area contributed by atoms with Crippen molar-refractivity contribution in [1.29, 1.82) is 0 Å². The third kappa shape index (κ3) is 9.97. The normalized spacial score (nSPS) is 12.2. The van der Waals surface area contributed by atoms with E-state index in [1.807, 2.05) is 0 Å². The van der Waals surface area contributed by atoms with E-state index in [1.54, 1.807) is 4.31 Å². The monoisotopic (exact) mass is 327 g/mol. The Morgan fingerprint density at radius 3 is 2.20 bits per heavy atom. The quantitative estimate of drug-likeness (QED) is 0.394. The summed E-state index contributed by atoms with van der Waals surface area (Å²) in [6, 6.07) is 0. The highest BCUT2D eigenvalue weighted by Crippen LogP contribution is 2.10. The van der Waals surface area contributed by atoms with Gasteiger partial charge in [-0.15, -0.1) is 11.6 Å². The first-order valence-electron chi connectivity index (χ1n) is 7.73. The van der Waals surface area contributed by atoms with Crippen LogP contribution in [0, 0.1) is 0 Å². The number of hydrogen-bond acceptors (Lipinski definition) is 3. The SMILES string of the molecule is CCCCCCCN(CCCO)S(=O)(=O)CCCCCl. The Morgan fingerprint density at radius 2 is 1.60 bits per heavy atom. The molecular weight excluding hydrogens is 298 g/mol. The third-order valence-corrected chi connectivity index (χ3v) is 5.48. The van der Waals surface area contributed by atoms with Gasteiger partial charge in [0.1, 0.15) is 0 Å². The minimum absolute atomic E-state index is 0.0313. The molecule has 0 saturated carbocycles. The van der Waals surface area contributed by atoms with Crippen molar-refractivity contribution < 1.29 is 13.5 Å². The number of aliphatic hydroxyl groups excluding tert-OH is 1. The molecule has 0 fully saturated rings. The van der Waals surface area contributed by atoms with Crippen molar-refractivity contribution in [1.82, 2.24) is 4.31 Å². The van der Waals surface area contributed by atoms with Gasteiger partial charge in [0.25, 0.3) is 0 Å². The lowest BCUT2D eigenvalue weighted by Gasteiger charge is -2.21. The molecule has 122 valence electrons. The number of alkyl halides is 1. The molecule has 0 spiro atoms. The van der Waals surface area contributed by atoms with Gasteiger partial charge in [-0.3, -0.25) is 0 Å². The number of rotatable bonds is 14. The first-order valence-corrected chi connectivity index (χ1v) is 9.87. The Bertz CT molecular complexity index is 310. The lowest BCUT2D eigenvalue weighted by atomic mass is 10.1. The summed E-state index contributed by atoms with van der Waals surface area (Å²) in [4.78, 5) is 0. The third-order valence-electron chi connectivity index (χ3n) is 3.26. The van der Waals surface area contributed by atoms with E-state index in [0.29, 0.717) is 31.8 Å². The summed E-state index contributed by atoms with van der Waals surface area (Å²) in [5.74, 6) is 0.670. The van der Waals surface area contributed by atoms with E-state index < -0.39 is 10.0 Å². The van der Waals surface area contributed by atoms with Crippen LogP contribution < -0.4 is 0 Å². The van der Waals surface area contributed by atoms with Gasteiger partial charge in [-0.2, -0.15) is 0 Å². The topological polar surface area (TPSA) is 57.6 Å². The first kappa shape index (κ1) is 20.2. The van der Waals surface area contributed by atoms with E-state index in [4.69, 9.17) is 16.7 Å². The number of halogens is 1. The molecule has 0 unspecified atom stereocenters. The number of unbranched alkanes of at least 4 members (excludes halogenated alkanes) is 5. The fraction of sp³-hybridized carbons (Fsp3) is 1.00. The Balaban J connectivity index is 4.22. The highest BCUT2D eigenvalue weighted by Gasteiger charge is 2.20. The average Bonchev–Trinajstić information content (AvgIpc) is 2.41. The highest BCUT2D eigenvalue weighted by molar-refractivity contribution is 7.89. The molecule has 0 amide bonds. The number of nitrogens with zero attached hydrogens (tertiary/aromatic N) is 1. The smallest absolute Gasteiger partial charge is 0.214 e. The highest BCUT2D eigenvalue weighted by atomic mass is 35.5. The van der Waals surface area contributed by atoms with Crippen LogP contribution in [0.25, 0.3) is 0 Å². The molecule has 0 aromatic carbocycles. The summed E-state index contributed by atoms with van der Waals surface area (Å²) >= 11 is 5.58. The molecule has 1 N–H and O–H groups in total. The van der Waals surface area contributed by atoms with E-state index in [-0.39, 0.29) is 12.4 Å². The minimum Gasteiger partial charge on any atom is -0.396 e. The lowest BCUT2D eigenvalue weighted by Crippen LogP contribution is -2.35. The van der Waals surface area contributed by atoms with Gasteiger partial charge in [-0.1, -0.05) is 32.6 Å². The zero-order valence-corrected chi connectivity index (χ0v) is 14.3. The standard InChI is InChI=1S/C14H30ClNO3S/c1-2-3-4-5-7-11-16(12-9-13-17)20(18,19)14-8-6-10-15/h17H,2-14H2,1H3. The van der Waals surface area contributed by atoms with Crippen molar-refractivity contribution in [2.75, 3.05) is 31.3 Å². The van der Waals surface area contributed by atoms with Crippen LogP contribution in [0.4, 0.5) is 0 Å². The Hall–Kier alpha value is 0.160. The first-order chi connectivity index (χ1) is 9.58. The van der Waals surface area contributed by atoms with E-state index in [1.165, 1.54) is 12.8 Å². The van der Waals surface area contributed by atoms with Gasteiger partial charge in [0.05, 0.1) is 5.75 Å². The van der Waals surface area contributed by atoms with Crippen molar-refractivity contribution in [2.24, 2.45) is 0 Å². The maximum Gasteiger partial charge on any atom is 0.214 e. The zero-order valence-electron chi connectivity index (χ0n) is 12.7. The lowest BCUT2D eigenvalue weighted by molar-refractivity contribution is 0.268. The molecule has 0 radical (unpaired) electrons. The van der Waals surface area contributed by atoms with E-state index in [0.717, 1.165) is 25.7 Å². The van der Waals surface area contributed by atoms with E-state index in [9.17, 15) is 8.42 Å². The molecule has 0 aromatic heterocycles. The second kappa shape index (κ2) is 12.9. The molecule has 0 aromatic rings. The van der Waals surface area contributed by atoms with Crippen LogP contribution in [-0.2, 0) is 10.0 Å². The van der Waals surface area contributed by atoms with Crippen molar-refractivity contribution in [3.05, 3.63) is 0 Å². The zero-order chi connectivity index (χ0) is 15.3. The fourth-order valence-corrected chi connectivity index (χ4v) is 3.87. The molecule has 0 bridgehead atoms. The molecule has 0 atom stereocenters. The van der Waals surface area contributed by atoms with Gasteiger partial charge in [-0.05, 0) is 25.7 Å². The average molecular weight is 328 g/mol. The summed E-state index contributed by atoms with van der Waals surface area (Å²) in [5.41, 5.74) is 0. The molecule has 0 rings (SSSR count). The van der Waals surface area contributed by atoms with Crippen molar-refractivity contribution in [3.8, 4) is 0 Å². The van der Waals surface area contributed by atoms with Gasteiger partial charge in [0.2, 0.25) is 10.0 Å². The van der Waals surface area contributed by atoms with Crippen LogP contribution in [-0.4, -0.2) is 49.2 Å². The fourth-order valence-electron chi connectivity index (χ4n) is 2.04. The number of aliphatic hydroxyl groups is 1. The number of sulfonamides is 1. The summed E-state index contributed by atoms with van der Waals surface area (Å²) in [5, 5.41) is 8.90. The van der Waals surface area contributed by atoms with Crippen LogP contribution in [0.1, 0.15) is 58.3 Å². The van der Waals surface area contributed by atoms with Crippen LogP contribution in [0.5, 0.6) is 0 Å². The Kier molecular flexibility index (Phi) is 13.0. The van der Waals surface area contributed by atoms with Crippen LogP contribution in [0.2, 0.25) is 0 Å². The van der Waals surface area contributed by atoms with Gasteiger partial charge < -0.3 is 5.11 Å². The molecule has 4 nitrogen and oxygen atoms in total. The molecule has 0 heterocycles. The molecule has 0 saturated heterocycles. The largest absolute Gasteiger partial charge is 0.396 e. The van der Waals surface area contributed by atoms with Gasteiger partial charge in [-0.25, -0.2) is 12.7 Å². The second-order valence-electron chi connectivity index (χ2n) is 5.10. The Labute approximate surface area is 129 Å². The molecule has 0 aliphatic heterocycles. The molecule has 20 heavy (non-hydrogen) atoms. The van der Waals surface area contributed by atoms with E-state index >= 15 is 0 Å². The molecule has 0 aliphatic carbocycles. The van der Waals surface area contributed by atoms with Crippen molar-refractivity contribution >= 4 is 21.6 Å². The van der Waals surface area contributed by atoms with E-state index in [2.05, 4.69) is 6.92 Å². The van der Waals surface area contributed by atoms with Crippen LogP contribution in [0.15, 0.2) is 0 Å². The summed E-state index contributed by atoms with van der Waals surface area (Å²) in [6.45, 7) is 3.19. The predicted octanol–water partition coefficient (Wildman–Crippen LogP) is 2.99. The van der Waals surface area contributed by atoms with Crippen LogP contribution >= 0.6 is 11.6 Å². The Morgan fingerprint density at radius 1 is 0.950 bits per heavy atom. The predicted molar refractivity (Wildman–Crippen MR) is 85.8 cm³/mol. The minimum atomic E-state index is -3.20. The molecule has 6 heteroatoms. The molecular formula is C14H30ClNO3S. The van der Waals surface area contributed by atoms with Gasteiger partial charge in [0, 0.05) is 25.6 Å². The van der Waals surface area contributed by atoms with Gasteiger partial charge >= 0.3 is 0 Å². The molecule has 0 aliphatic rings. The van der Waals surface area contributed by atoms with Gasteiger partial charge in [0.15, 0.2) is 0 Å².